The smallest absolute Gasteiger partial charge is 0.171 e. The molecule has 2 aliphatic carbocycles. The van der Waals surface area contributed by atoms with E-state index in [9.17, 15) is 0 Å². The van der Waals surface area contributed by atoms with Crippen molar-refractivity contribution in [1.29, 1.82) is 0 Å². The second-order valence-electron chi connectivity index (χ2n) is 15.7. The zero-order valence-corrected chi connectivity index (χ0v) is 33.0. The standard InChI is InChI=1S/C56H36NOP/c58-59(42-15-3-1-4-16-42,43-17-5-2-6-18-43)44-34-33-40-35-39(31-32-41(40)36-44)37-27-29-38(30-28-37)54-48-22-8-7-21-47(48)53-55(57-54)49-23-11-14-26-52(49)56(53)50-24-12-9-19-45(50)46-20-10-13-25-51(46)56/h1-36H. The van der Waals surface area contributed by atoms with Crippen LogP contribution >= 0.6 is 7.14 Å². The Hall–Kier alpha value is -7.12. The number of rotatable bonds is 5. The number of aromatic nitrogens is 1. The first-order valence-corrected chi connectivity index (χ1v) is 21.9. The predicted molar refractivity (Wildman–Crippen MR) is 246 cm³/mol. The van der Waals surface area contributed by atoms with Crippen molar-refractivity contribution in [3.63, 3.8) is 0 Å². The van der Waals surface area contributed by atoms with Crippen LogP contribution in [0.5, 0.6) is 0 Å². The molecule has 0 N–H and O–H groups in total. The fourth-order valence-electron chi connectivity index (χ4n) is 10.2. The largest absolute Gasteiger partial charge is 0.309 e. The molecule has 0 unspecified atom stereocenters. The van der Waals surface area contributed by atoms with Crippen LogP contribution in [0.1, 0.15) is 22.3 Å². The van der Waals surface area contributed by atoms with Gasteiger partial charge in [-0.3, -0.25) is 0 Å². The zero-order valence-electron chi connectivity index (χ0n) is 32.1. The van der Waals surface area contributed by atoms with Gasteiger partial charge in [0.15, 0.2) is 7.14 Å². The quantitative estimate of drug-likeness (QED) is 0.163. The third-order valence-corrected chi connectivity index (χ3v) is 15.8. The van der Waals surface area contributed by atoms with E-state index in [-0.39, 0.29) is 0 Å². The molecule has 1 heterocycles. The van der Waals surface area contributed by atoms with Crippen LogP contribution < -0.4 is 15.9 Å². The van der Waals surface area contributed by atoms with E-state index >= 15 is 4.57 Å². The van der Waals surface area contributed by atoms with Crippen LogP contribution in [0.3, 0.4) is 0 Å². The molecule has 3 heteroatoms. The Balaban J connectivity index is 0.961. The summed E-state index contributed by atoms with van der Waals surface area (Å²) in [5.74, 6) is 0. The summed E-state index contributed by atoms with van der Waals surface area (Å²) in [7, 11) is -3.07. The molecule has 276 valence electrons. The molecule has 0 saturated heterocycles. The predicted octanol–water partition coefficient (Wildman–Crippen LogP) is 12.7. The van der Waals surface area contributed by atoms with E-state index in [2.05, 4.69) is 152 Å². The topological polar surface area (TPSA) is 30.0 Å². The number of fused-ring (bicyclic) bond motifs is 13. The molecular weight excluding hydrogens is 734 g/mol. The van der Waals surface area contributed by atoms with Gasteiger partial charge in [-0.15, -0.1) is 0 Å². The molecule has 0 atom stereocenters. The summed E-state index contributed by atoms with van der Waals surface area (Å²) in [5.41, 5.74) is 13.9. The molecule has 0 bridgehead atoms. The van der Waals surface area contributed by atoms with Crippen molar-refractivity contribution in [2.24, 2.45) is 0 Å². The summed E-state index contributed by atoms with van der Waals surface area (Å²) in [5, 5.41) is 7.07. The second-order valence-corrected chi connectivity index (χ2v) is 18.5. The highest BCUT2D eigenvalue weighted by molar-refractivity contribution is 7.85. The molecule has 0 saturated carbocycles. The molecule has 0 aliphatic heterocycles. The lowest BCUT2D eigenvalue weighted by Gasteiger charge is -2.31. The highest BCUT2D eigenvalue weighted by atomic mass is 31.2. The average Bonchev–Trinajstić information content (AvgIpc) is 3.79. The van der Waals surface area contributed by atoms with Crippen molar-refractivity contribution < 1.29 is 4.57 Å². The minimum atomic E-state index is -3.07. The molecule has 10 aromatic rings. The minimum Gasteiger partial charge on any atom is -0.309 e. The van der Waals surface area contributed by atoms with E-state index in [1.807, 2.05) is 66.7 Å². The molecule has 2 aliphatic rings. The first kappa shape index (κ1) is 34.0. The Morgan fingerprint density at radius 2 is 0.831 bits per heavy atom. The van der Waals surface area contributed by atoms with Gasteiger partial charge in [-0.1, -0.05) is 206 Å². The Kier molecular flexibility index (Phi) is 7.45. The molecule has 59 heavy (non-hydrogen) atoms. The van der Waals surface area contributed by atoms with Crippen molar-refractivity contribution in [3.8, 4) is 44.8 Å². The van der Waals surface area contributed by atoms with E-state index < -0.39 is 12.6 Å². The molecule has 12 rings (SSSR count). The molecule has 2 nitrogen and oxygen atoms in total. The van der Waals surface area contributed by atoms with E-state index in [0.717, 1.165) is 60.2 Å². The summed E-state index contributed by atoms with van der Waals surface area (Å²) < 4.78 is 15.1. The van der Waals surface area contributed by atoms with Gasteiger partial charge in [0.1, 0.15) is 0 Å². The molecule has 0 fully saturated rings. The summed E-state index contributed by atoms with van der Waals surface area (Å²) in [6.45, 7) is 0. The van der Waals surface area contributed by atoms with E-state index in [4.69, 9.17) is 4.98 Å². The van der Waals surface area contributed by atoms with Crippen molar-refractivity contribution >= 4 is 44.6 Å². The molecule has 9 aromatic carbocycles. The van der Waals surface area contributed by atoms with Crippen LogP contribution in [0.25, 0.3) is 66.3 Å². The monoisotopic (exact) mass is 769 g/mol. The van der Waals surface area contributed by atoms with Crippen molar-refractivity contribution in [2.45, 2.75) is 5.41 Å². The number of nitrogens with zero attached hydrogens (tertiary/aromatic N) is 1. The van der Waals surface area contributed by atoms with E-state index in [0.29, 0.717) is 0 Å². The van der Waals surface area contributed by atoms with Gasteiger partial charge in [0.2, 0.25) is 0 Å². The average molecular weight is 770 g/mol. The SMILES string of the molecule is O=P(c1ccccc1)(c1ccccc1)c1ccc2cc(-c3ccc(-c4nc5c(c6ccccc46)C4(c6ccccc6-c6ccccc64)c4ccccc4-5)cc3)ccc2c1. The maximum atomic E-state index is 15.1. The highest BCUT2D eigenvalue weighted by Crippen LogP contribution is 2.64. The summed E-state index contributed by atoms with van der Waals surface area (Å²) >= 11 is 0. The Morgan fingerprint density at radius 3 is 1.47 bits per heavy atom. The third kappa shape index (κ3) is 4.82. The van der Waals surface area contributed by atoms with Gasteiger partial charge < -0.3 is 4.57 Å². The lowest BCUT2D eigenvalue weighted by molar-refractivity contribution is 0.592. The van der Waals surface area contributed by atoms with Crippen LogP contribution in [0, 0.1) is 0 Å². The Labute approximate surface area is 343 Å². The Bertz CT molecular complexity index is 3260. The minimum absolute atomic E-state index is 0.453. The molecule has 1 aromatic heterocycles. The van der Waals surface area contributed by atoms with Crippen molar-refractivity contribution in [2.75, 3.05) is 0 Å². The van der Waals surface area contributed by atoms with Gasteiger partial charge in [-0.05, 0) is 67.2 Å². The van der Waals surface area contributed by atoms with Crippen LogP contribution in [0.2, 0.25) is 0 Å². The molecule has 0 amide bonds. The molecule has 0 radical (unpaired) electrons. The summed E-state index contributed by atoms with van der Waals surface area (Å²) in [6, 6.07) is 77.1. The highest BCUT2D eigenvalue weighted by Gasteiger charge is 2.53. The summed E-state index contributed by atoms with van der Waals surface area (Å²) in [4.78, 5) is 5.65. The first-order chi connectivity index (χ1) is 29.1. The van der Waals surface area contributed by atoms with Crippen molar-refractivity contribution in [1.82, 2.24) is 4.98 Å². The number of hydrogen-bond acceptors (Lipinski definition) is 2. The fourth-order valence-corrected chi connectivity index (χ4v) is 12.8. The van der Waals surface area contributed by atoms with Crippen LogP contribution in [0.15, 0.2) is 218 Å². The van der Waals surface area contributed by atoms with Crippen LogP contribution in [-0.2, 0) is 9.98 Å². The molecular formula is C56H36NOP. The summed E-state index contributed by atoms with van der Waals surface area (Å²) in [6.07, 6.45) is 0. The molecule has 1 spiro atoms. The maximum absolute atomic E-state index is 15.1. The normalized spacial score (nSPS) is 13.3. The van der Waals surface area contributed by atoms with E-state index in [1.165, 1.54) is 44.3 Å². The second kappa shape index (κ2) is 12.9. The zero-order chi connectivity index (χ0) is 39.1. The fraction of sp³-hybridized carbons (Fsp3) is 0.0179. The van der Waals surface area contributed by atoms with Gasteiger partial charge in [0, 0.05) is 38.0 Å². The van der Waals surface area contributed by atoms with Gasteiger partial charge in [0.25, 0.3) is 0 Å². The van der Waals surface area contributed by atoms with Gasteiger partial charge in [-0.2, -0.15) is 0 Å². The lowest BCUT2D eigenvalue weighted by atomic mass is 9.69. The third-order valence-electron chi connectivity index (χ3n) is 12.7. The van der Waals surface area contributed by atoms with Crippen molar-refractivity contribution in [3.05, 3.63) is 241 Å². The van der Waals surface area contributed by atoms with Gasteiger partial charge in [-0.25, -0.2) is 4.98 Å². The van der Waals surface area contributed by atoms with Crippen LogP contribution in [-0.4, -0.2) is 4.98 Å². The van der Waals surface area contributed by atoms with Gasteiger partial charge >= 0.3 is 0 Å². The van der Waals surface area contributed by atoms with Crippen LogP contribution in [0.4, 0.5) is 0 Å². The van der Waals surface area contributed by atoms with E-state index in [1.54, 1.807) is 0 Å². The number of pyridine rings is 1. The number of hydrogen-bond donors (Lipinski definition) is 0. The Morgan fingerprint density at radius 1 is 0.356 bits per heavy atom. The maximum Gasteiger partial charge on any atom is 0.171 e. The first-order valence-electron chi connectivity index (χ1n) is 20.2. The van der Waals surface area contributed by atoms with Gasteiger partial charge in [0.05, 0.1) is 16.8 Å². The lowest BCUT2D eigenvalue weighted by Crippen LogP contribution is -2.26. The number of benzene rings is 9.